The van der Waals surface area contributed by atoms with Gasteiger partial charge in [-0.1, -0.05) is 50.2 Å². The molecule has 34 heavy (non-hydrogen) atoms. The van der Waals surface area contributed by atoms with Gasteiger partial charge in [-0.3, -0.25) is 9.78 Å². The zero-order valence-corrected chi connectivity index (χ0v) is 20.0. The zero-order valence-electron chi connectivity index (χ0n) is 23.0. The highest BCUT2D eigenvalue weighted by Gasteiger charge is 2.55. The standard InChI is InChI=1S/C26H33N5O3/c1-17(2)19-6-8-21(9-7-19)26(33,25(4)15-31(5)16-25)22-12-20(13-27-14-22)24-29-23(34-30-24)10-11-28-18(3)32/h6-9,12-14,17,33H,10-11,15-16H2,1-5H3,(H,28,32)/t26-/m0/s1/i3D3. The molecule has 1 saturated heterocycles. The van der Waals surface area contributed by atoms with Gasteiger partial charge in [0.15, 0.2) is 0 Å². The minimum Gasteiger partial charge on any atom is -0.380 e. The average molecular weight is 467 g/mol. The topological polar surface area (TPSA) is 104 Å². The first-order valence-electron chi connectivity index (χ1n) is 12.9. The van der Waals surface area contributed by atoms with Gasteiger partial charge in [-0.05, 0) is 30.2 Å². The Morgan fingerprint density at radius 2 is 2.03 bits per heavy atom. The summed E-state index contributed by atoms with van der Waals surface area (Å²) in [6, 6.07) is 9.93. The number of likely N-dealkylation sites (tertiary alicyclic amines) is 1. The quantitative estimate of drug-likeness (QED) is 0.526. The van der Waals surface area contributed by atoms with Crippen LogP contribution in [-0.2, 0) is 16.8 Å². The normalized spacial score (nSPS) is 18.9. The predicted molar refractivity (Wildman–Crippen MR) is 129 cm³/mol. The molecule has 8 heteroatoms. The van der Waals surface area contributed by atoms with Crippen LogP contribution in [0.3, 0.4) is 0 Å². The monoisotopic (exact) mass is 466 g/mol. The van der Waals surface area contributed by atoms with E-state index in [9.17, 15) is 9.90 Å². The fraction of sp³-hybridized carbons (Fsp3) is 0.462. The highest BCUT2D eigenvalue weighted by atomic mass is 16.5. The molecule has 0 unspecified atom stereocenters. The number of pyridine rings is 1. The van der Waals surface area contributed by atoms with E-state index in [-0.39, 0.29) is 18.9 Å². The summed E-state index contributed by atoms with van der Waals surface area (Å²) in [5, 5.41) is 18.7. The molecule has 1 atom stereocenters. The molecule has 8 nitrogen and oxygen atoms in total. The van der Waals surface area contributed by atoms with Crippen LogP contribution in [0.15, 0.2) is 47.2 Å². The van der Waals surface area contributed by atoms with E-state index in [2.05, 4.69) is 58.2 Å². The Bertz CT molecular complexity index is 1250. The Hall–Kier alpha value is -3.10. The van der Waals surface area contributed by atoms with Crippen LogP contribution in [0, 0.1) is 5.41 Å². The largest absolute Gasteiger partial charge is 0.380 e. The summed E-state index contributed by atoms with van der Waals surface area (Å²) in [7, 11) is 2.03. The van der Waals surface area contributed by atoms with Gasteiger partial charge in [0.1, 0.15) is 5.60 Å². The zero-order chi connectivity index (χ0) is 27.0. The molecule has 1 fully saturated rings. The fourth-order valence-electron chi connectivity index (χ4n) is 4.86. The molecular formula is C26H33N5O3. The highest BCUT2D eigenvalue weighted by molar-refractivity contribution is 5.72. The summed E-state index contributed by atoms with van der Waals surface area (Å²) in [5.41, 5.74) is 1.46. The molecule has 0 radical (unpaired) electrons. The Kier molecular flexibility index (Phi) is 5.53. The minimum absolute atomic E-state index is 0.0507. The number of hydrogen-bond acceptors (Lipinski definition) is 7. The summed E-state index contributed by atoms with van der Waals surface area (Å²) < 4.78 is 26.6. The van der Waals surface area contributed by atoms with Crippen molar-refractivity contribution in [1.29, 1.82) is 0 Å². The highest BCUT2D eigenvalue weighted by Crippen LogP contribution is 2.50. The molecule has 1 aliphatic rings. The second kappa shape index (κ2) is 9.27. The second-order valence-corrected chi connectivity index (χ2v) is 9.70. The molecule has 3 heterocycles. The first-order valence-corrected chi connectivity index (χ1v) is 11.4. The van der Waals surface area contributed by atoms with Crippen molar-refractivity contribution in [2.75, 3.05) is 26.7 Å². The maximum absolute atomic E-state index is 12.4. The van der Waals surface area contributed by atoms with Crippen LogP contribution in [0.4, 0.5) is 0 Å². The van der Waals surface area contributed by atoms with Gasteiger partial charge in [0.2, 0.25) is 17.6 Å². The van der Waals surface area contributed by atoms with E-state index >= 15 is 0 Å². The predicted octanol–water partition coefficient (Wildman–Crippen LogP) is 3.12. The van der Waals surface area contributed by atoms with E-state index in [1.807, 2.05) is 25.2 Å². The van der Waals surface area contributed by atoms with Crippen molar-refractivity contribution in [2.45, 2.75) is 45.6 Å². The maximum Gasteiger partial charge on any atom is 0.228 e. The molecule has 3 aromatic rings. The van der Waals surface area contributed by atoms with Crippen LogP contribution in [0.2, 0.25) is 0 Å². The number of hydrogen-bond donors (Lipinski definition) is 2. The third-order valence-corrected chi connectivity index (χ3v) is 6.61. The van der Waals surface area contributed by atoms with E-state index in [1.165, 1.54) is 5.56 Å². The Balaban J connectivity index is 1.61. The van der Waals surface area contributed by atoms with Crippen LogP contribution in [0.5, 0.6) is 0 Å². The number of carbonyl (C=O) groups is 1. The van der Waals surface area contributed by atoms with Gasteiger partial charge in [0.05, 0.1) is 0 Å². The number of amides is 1. The summed E-state index contributed by atoms with van der Waals surface area (Å²) in [6.45, 7) is 5.13. The summed E-state index contributed by atoms with van der Waals surface area (Å²) >= 11 is 0. The van der Waals surface area contributed by atoms with Crippen molar-refractivity contribution < 1.29 is 18.5 Å². The molecule has 0 spiro atoms. The molecule has 2 N–H and O–H groups in total. The molecule has 1 aromatic carbocycles. The van der Waals surface area contributed by atoms with Gasteiger partial charge in [0, 0.05) is 66.0 Å². The lowest BCUT2D eigenvalue weighted by atomic mass is 9.62. The minimum atomic E-state index is -2.70. The van der Waals surface area contributed by atoms with Crippen molar-refractivity contribution in [2.24, 2.45) is 5.41 Å². The Morgan fingerprint density at radius 3 is 2.68 bits per heavy atom. The van der Waals surface area contributed by atoms with Crippen molar-refractivity contribution in [3.05, 3.63) is 65.3 Å². The van der Waals surface area contributed by atoms with E-state index < -0.39 is 23.8 Å². The summed E-state index contributed by atoms with van der Waals surface area (Å²) in [6.07, 6.45) is 3.46. The van der Waals surface area contributed by atoms with Crippen LogP contribution in [-0.4, -0.2) is 57.7 Å². The average Bonchev–Trinajstić information content (AvgIpc) is 3.31. The third-order valence-electron chi connectivity index (χ3n) is 6.61. The number of rotatable bonds is 8. The lowest BCUT2D eigenvalue weighted by molar-refractivity contribution is -0.127. The summed E-state index contributed by atoms with van der Waals surface area (Å²) in [4.78, 5) is 22.5. The third kappa shape index (κ3) is 4.48. The number of nitrogens with zero attached hydrogens (tertiary/aromatic N) is 4. The summed E-state index contributed by atoms with van der Waals surface area (Å²) in [5.74, 6) is -0.106. The number of carbonyl (C=O) groups excluding carboxylic acids is 1. The first-order chi connectivity index (χ1) is 17.3. The van der Waals surface area contributed by atoms with E-state index in [4.69, 9.17) is 8.64 Å². The van der Waals surface area contributed by atoms with E-state index in [0.717, 1.165) is 5.56 Å². The molecule has 1 amide bonds. The van der Waals surface area contributed by atoms with Gasteiger partial charge in [-0.25, -0.2) is 0 Å². The van der Waals surface area contributed by atoms with Crippen molar-refractivity contribution in [3.63, 3.8) is 0 Å². The SMILES string of the molecule is [2H]C([2H])([2H])C(=O)NCCc1nc(-c2cncc([C@@](O)(c3ccc(C(C)C)cc3)C3(C)CN(C)C3)c2)no1. The lowest BCUT2D eigenvalue weighted by Crippen LogP contribution is -2.63. The number of aromatic nitrogens is 3. The van der Waals surface area contributed by atoms with E-state index in [0.29, 0.717) is 36.0 Å². The molecule has 0 aliphatic carbocycles. The Labute approximate surface area is 204 Å². The molecule has 1 aliphatic heterocycles. The molecule has 2 aromatic heterocycles. The number of aliphatic hydroxyl groups is 1. The number of nitrogens with one attached hydrogen (secondary N) is 1. The van der Waals surface area contributed by atoms with E-state index in [1.54, 1.807) is 12.4 Å². The molecule has 0 bridgehead atoms. The van der Waals surface area contributed by atoms with Gasteiger partial charge in [-0.15, -0.1) is 0 Å². The lowest BCUT2D eigenvalue weighted by Gasteiger charge is -2.55. The van der Waals surface area contributed by atoms with Gasteiger partial charge in [-0.2, -0.15) is 4.98 Å². The molecule has 180 valence electrons. The maximum atomic E-state index is 12.4. The van der Waals surface area contributed by atoms with Gasteiger partial charge >= 0.3 is 0 Å². The number of benzene rings is 1. The van der Waals surface area contributed by atoms with Gasteiger partial charge < -0.3 is 19.8 Å². The second-order valence-electron chi connectivity index (χ2n) is 9.70. The van der Waals surface area contributed by atoms with Crippen molar-refractivity contribution >= 4 is 5.91 Å². The van der Waals surface area contributed by atoms with Gasteiger partial charge in [0.25, 0.3) is 0 Å². The van der Waals surface area contributed by atoms with Crippen molar-refractivity contribution in [1.82, 2.24) is 25.3 Å². The van der Waals surface area contributed by atoms with Crippen LogP contribution >= 0.6 is 0 Å². The van der Waals surface area contributed by atoms with Crippen LogP contribution in [0.1, 0.15) is 60.2 Å². The first kappa shape index (κ1) is 20.3. The van der Waals surface area contributed by atoms with Crippen LogP contribution in [0.25, 0.3) is 11.4 Å². The molecular weight excluding hydrogens is 430 g/mol. The fourth-order valence-corrected chi connectivity index (χ4v) is 4.86. The molecule has 0 saturated carbocycles. The Morgan fingerprint density at radius 1 is 1.29 bits per heavy atom. The van der Waals surface area contributed by atoms with Crippen molar-refractivity contribution in [3.8, 4) is 11.4 Å². The van der Waals surface area contributed by atoms with Crippen LogP contribution < -0.4 is 5.32 Å². The smallest absolute Gasteiger partial charge is 0.228 e. The molecule has 4 rings (SSSR count).